The predicted octanol–water partition coefficient (Wildman–Crippen LogP) is -3.86. The van der Waals surface area contributed by atoms with Crippen LogP contribution in [0.15, 0.2) is 29.2 Å². The van der Waals surface area contributed by atoms with Crippen molar-refractivity contribution in [1.82, 2.24) is 10.2 Å². The molecule has 0 atom stereocenters. The fourth-order valence-electron chi connectivity index (χ4n) is 3.52. The van der Waals surface area contributed by atoms with Crippen LogP contribution < -0.4 is 22.9 Å². The summed E-state index contributed by atoms with van der Waals surface area (Å²) < 4.78 is 23.4. The van der Waals surface area contributed by atoms with Gasteiger partial charge in [0, 0.05) is 26.2 Å². The topological polar surface area (TPSA) is 92.5 Å². The van der Waals surface area contributed by atoms with Crippen molar-refractivity contribution in [2.75, 3.05) is 52.4 Å². The van der Waals surface area contributed by atoms with Crippen LogP contribution in [-0.2, 0) is 21.2 Å². The number of rotatable bonds is 6. The lowest BCUT2D eigenvalue weighted by molar-refractivity contribution is -0.933. The highest BCUT2D eigenvalue weighted by Crippen LogP contribution is 2.18. The largest absolute Gasteiger partial charge is 1.00 e. The minimum absolute atomic E-state index is 0. The van der Waals surface area contributed by atoms with E-state index in [2.05, 4.69) is 10.2 Å². The number of carbonyl (C=O) groups is 1. The molecule has 0 aliphatic carbocycles. The van der Waals surface area contributed by atoms with Gasteiger partial charge in [-0.25, -0.2) is 13.6 Å². The lowest BCUT2D eigenvalue weighted by Crippen LogP contribution is -3.00. The molecule has 4 rings (SSSR count). The molecule has 25 heavy (non-hydrogen) atoms. The maximum atomic E-state index is 12.2. The average molecular weight is 389 g/mol. The number of piperazine rings is 3. The van der Waals surface area contributed by atoms with Gasteiger partial charge in [-0.05, 0) is 24.1 Å². The first-order chi connectivity index (χ1) is 11.4. The average Bonchev–Trinajstić information content (AvgIpc) is 2.56. The number of quaternary nitrogens is 1. The van der Waals surface area contributed by atoms with Gasteiger partial charge in [-0.15, -0.1) is 0 Å². The summed E-state index contributed by atoms with van der Waals surface area (Å²) in [5, 5.41) is 8.06. The number of nitrogens with two attached hydrogens (primary N) is 1. The molecule has 140 valence electrons. The summed E-state index contributed by atoms with van der Waals surface area (Å²) in [6.45, 7) is 7.64. The molecule has 0 unspecified atom stereocenters. The number of fused-ring (bicyclic) bond motifs is 3. The number of amides is 1. The molecule has 1 amide bonds. The minimum atomic E-state index is -3.65. The molecule has 2 bridgehead atoms. The number of nitrogens with zero attached hydrogens (tertiary/aromatic N) is 2. The van der Waals surface area contributed by atoms with E-state index in [0.29, 0.717) is 19.5 Å². The second-order valence-corrected chi connectivity index (χ2v) is 8.36. The van der Waals surface area contributed by atoms with Crippen LogP contribution in [0.3, 0.4) is 0 Å². The number of hydrogen-bond donors (Lipinski definition) is 2. The van der Waals surface area contributed by atoms with Gasteiger partial charge in [-0.2, -0.15) is 0 Å². The molecule has 0 aromatic heterocycles. The lowest BCUT2D eigenvalue weighted by Gasteiger charge is -2.50. The van der Waals surface area contributed by atoms with E-state index in [9.17, 15) is 13.2 Å². The molecular weight excluding hydrogens is 364 g/mol. The molecule has 1 aromatic carbocycles. The van der Waals surface area contributed by atoms with Crippen molar-refractivity contribution < 1.29 is 30.1 Å². The van der Waals surface area contributed by atoms with Crippen molar-refractivity contribution in [3.8, 4) is 0 Å². The number of sulfonamides is 1. The van der Waals surface area contributed by atoms with E-state index in [0.717, 1.165) is 49.3 Å². The van der Waals surface area contributed by atoms with E-state index < -0.39 is 10.0 Å². The Morgan fingerprint density at radius 1 is 1.12 bits per heavy atom. The molecule has 9 heteroatoms. The SMILES string of the molecule is NS(=O)(=O)c1ccc(CCNC(=O)C[N+]23CCN(CC2)CC3)cc1.[Cl-]. The van der Waals surface area contributed by atoms with E-state index in [4.69, 9.17) is 5.14 Å². The zero-order valence-electron chi connectivity index (χ0n) is 14.2. The maximum Gasteiger partial charge on any atom is 0.275 e. The molecule has 0 saturated carbocycles. The summed E-state index contributed by atoms with van der Waals surface area (Å²) in [6, 6.07) is 6.46. The zero-order valence-corrected chi connectivity index (χ0v) is 15.7. The first kappa shape index (κ1) is 20.1. The maximum absolute atomic E-state index is 12.2. The van der Waals surface area contributed by atoms with Gasteiger partial charge in [0.25, 0.3) is 5.91 Å². The van der Waals surface area contributed by atoms with Gasteiger partial charge in [0.15, 0.2) is 6.54 Å². The minimum Gasteiger partial charge on any atom is -1.00 e. The van der Waals surface area contributed by atoms with Crippen molar-refractivity contribution in [3.63, 3.8) is 0 Å². The van der Waals surface area contributed by atoms with E-state index in [-0.39, 0.29) is 23.2 Å². The molecule has 3 aliphatic heterocycles. The van der Waals surface area contributed by atoms with Gasteiger partial charge in [-0.3, -0.25) is 9.69 Å². The number of benzene rings is 1. The highest BCUT2D eigenvalue weighted by Gasteiger charge is 2.39. The Balaban J connectivity index is 0.00000225. The second-order valence-electron chi connectivity index (χ2n) is 6.80. The fourth-order valence-corrected chi connectivity index (χ4v) is 4.04. The number of carbonyl (C=O) groups excluding carboxylic acids is 1. The van der Waals surface area contributed by atoms with Crippen LogP contribution in [0.4, 0.5) is 0 Å². The molecule has 0 spiro atoms. The van der Waals surface area contributed by atoms with Crippen LogP contribution >= 0.6 is 0 Å². The highest BCUT2D eigenvalue weighted by molar-refractivity contribution is 7.89. The van der Waals surface area contributed by atoms with Crippen molar-refractivity contribution >= 4 is 15.9 Å². The molecule has 3 fully saturated rings. The number of nitrogens with one attached hydrogen (secondary N) is 1. The van der Waals surface area contributed by atoms with E-state index in [1.807, 2.05) is 0 Å². The van der Waals surface area contributed by atoms with Crippen LogP contribution in [0, 0.1) is 0 Å². The Hall–Kier alpha value is -1.19. The number of halogens is 1. The molecule has 3 N–H and O–H groups in total. The van der Waals surface area contributed by atoms with Crippen LogP contribution in [-0.4, -0.2) is 76.1 Å². The third-order valence-corrected chi connectivity index (χ3v) is 6.07. The Labute approximate surface area is 155 Å². The van der Waals surface area contributed by atoms with E-state index >= 15 is 0 Å². The Kier molecular flexibility index (Phi) is 6.45. The fraction of sp³-hybridized carbons (Fsp3) is 0.562. The summed E-state index contributed by atoms with van der Waals surface area (Å²) >= 11 is 0. The Bertz CT molecular complexity index is 687. The van der Waals surface area contributed by atoms with Crippen molar-refractivity contribution in [3.05, 3.63) is 29.8 Å². The monoisotopic (exact) mass is 388 g/mol. The van der Waals surface area contributed by atoms with E-state index in [1.54, 1.807) is 12.1 Å². The van der Waals surface area contributed by atoms with Gasteiger partial charge >= 0.3 is 0 Å². The summed E-state index contributed by atoms with van der Waals surface area (Å²) in [7, 11) is -3.65. The van der Waals surface area contributed by atoms with Crippen LogP contribution in [0.5, 0.6) is 0 Å². The first-order valence-electron chi connectivity index (χ1n) is 8.32. The van der Waals surface area contributed by atoms with Gasteiger partial charge in [0.05, 0.1) is 24.5 Å². The first-order valence-corrected chi connectivity index (χ1v) is 9.87. The van der Waals surface area contributed by atoms with Gasteiger partial charge in [0.2, 0.25) is 10.0 Å². The number of hydrogen-bond acceptors (Lipinski definition) is 4. The molecule has 3 saturated heterocycles. The summed E-state index contributed by atoms with van der Waals surface area (Å²) in [6.07, 6.45) is 0.671. The summed E-state index contributed by atoms with van der Waals surface area (Å²) in [5.74, 6) is 0.103. The molecular formula is C16H25ClN4O3S. The molecule has 7 nitrogen and oxygen atoms in total. The Morgan fingerprint density at radius 2 is 1.68 bits per heavy atom. The van der Waals surface area contributed by atoms with Gasteiger partial charge in [-0.1, -0.05) is 12.1 Å². The zero-order chi connectivity index (χ0) is 17.2. The predicted molar refractivity (Wildman–Crippen MR) is 90.7 cm³/mol. The van der Waals surface area contributed by atoms with Crippen LogP contribution in [0.2, 0.25) is 0 Å². The van der Waals surface area contributed by atoms with Crippen molar-refractivity contribution in [2.45, 2.75) is 11.3 Å². The summed E-state index contributed by atoms with van der Waals surface area (Å²) in [5.41, 5.74) is 0.973. The molecule has 0 radical (unpaired) electrons. The van der Waals surface area contributed by atoms with Gasteiger partial charge < -0.3 is 22.2 Å². The van der Waals surface area contributed by atoms with Crippen molar-refractivity contribution in [1.29, 1.82) is 0 Å². The molecule has 1 aromatic rings. The molecule has 3 aliphatic rings. The standard InChI is InChI=1S/C16H24N4O3S.ClH/c17-24(22,23)15-3-1-14(2-4-15)5-6-18-16(21)13-20-10-7-19(8-11-20)9-12-20;/h1-4H,5-13H2,(H2-,17,18,21,22,23);1H. The van der Waals surface area contributed by atoms with Crippen molar-refractivity contribution in [2.24, 2.45) is 5.14 Å². The van der Waals surface area contributed by atoms with Gasteiger partial charge in [0.1, 0.15) is 0 Å². The molecule has 3 heterocycles. The third-order valence-electron chi connectivity index (χ3n) is 5.14. The normalized spacial score (nSPS) is 25.2. The number of primary sulfonamides is 1. The lowest BCUT2D eigenvalue weighted by atomic mass is 10.1. The van der Waals surface area contributed by atoms with Crippen LogP contribution in [0.25, 0.3) is 0 Å². The van der Waals surface area contributed by atoms with Crippen LogP contribution in [0.1, 0.15) is 5.56 Å². The third kappa shape index (κ3) is 5.15. The van der Waals surface area contributed by atoms with E-state index in [1.165, 1.54) is 12.1 Å². The Morgan fingerprint density at radius 3 is 2.20 bits per heavy atom. The quantitative estimate of drug-likeness (QED) is 0.488. The second kappa shape index (κ2) is 8.01. The summed E-state index contributed by atoms with van der Waals surface area (Å²) in [4.78, 5) is 14.8. The highest BCUT2D eigenvalue weighted by atomic mass is 35.5. The smallest absolute Gasteiger partial charge is 0.275 e.